The molecule has 1 aliphatic rings. The molecule has 0 saturated carbocycles. The molecule has 0 saturated heterocycles. The van der Waals surface area contributed by atoms with E-state index in [0.717, 1.165) is 11.0 Å². The highest BCUT2D eigenvalue weighted by Crippen LogP contribution is 2.41. The van der Waals surface area contributed by atoms with Crippen molar-refractivity contribution in [2.75, 3.05) is 11.2 Å². The third-order valence-electron chi connectivity index (χ3n) is 5.22. The second-order valence-electron chi connectivity index (χ2n) is 7.00. The molecule has 154 valence electrons. The van der Waals surface area contributed by atoms with Crippen LogP contribution in [-0.2, 0) is 0 Å². The summed E-state index contributed by atoms with van der Waals surface area (Å²) in [6.45, 7) is 0. The number of halogens is 2. The lowest BCUT2D eigenvalue weighted by atomic mass is 9.98. The maximum Gasteiger partial charge on any atom is 0.296 e. The predicted octanol–water partition coefficient (Wildman–Crippen LogP) is 5.45. The number of carbonyl (C=O) groups excluding carboxylic acids is 1. The Morgan fingerprint density at radius 2 is 1.87 bits per heavy atom. The Morgan fingerprint density at radius 1 is 1.10 bits per heavy atom. The maximum atomic E-state index is 13.8. The zero-order valence-corrected chi connectivity index (χ0v) is 17.7. The molecule has 0 spiro atoms. The second-order valence-corrected chi connectivity index (χ2v) is 8.32. The summed E-state index contributed by atoms with van der Waals surface area (Å²) >= 11 is 7.55. The minimum absolute atomic E-state index is 0.0696. The SMILES string of the molecule is CSc1ccc([C@H]2c3c(oc4ccc(F)cc4c3=O)C(=O)N2c2ccc(Cl)cn2)cc1. The van der Waals surface area contributed by atoms with E-state index in [1.165, 1.54) is 23.2 Å². The second kappa shape index (κ2) is 7.51. The van der Waals surface area contributed by atoms with Gasteiger partial charge in [-0.05, 0) is 54.3 Å². The van der Waals surface area contributed by atoms with E-state index >= 15 is 0 Å². The average molecular weight is 453 g/mol. The zero-order chi connectivity index (χ0) is 21.7. The van der Waals surface area contributed by atoms with E-state index in [2.05, 4.69) is 4.98 Å². The Balaban J connectivity index is 1.79. The molecule has 5 nitrogen and oxygen atoms in total. The van der Waals surface area contributed by atoms with Crippen molar-refractivity contribution in [2.24, 2.45) is 0 Å². The van der Waals surface area contributed by atoms with Crippen LogP contribution in [-0.4, -0.2) is 17.1 Å². The largest absolute Gasteiger partial charge is 0.450 e. The van der Waals surface area contributed by atoms with Crippen molar-refractivity contribution in [3.8, 4) is 0 Å². The highest BCUT2D eigenvalue weighted by atomic mass is 35.5. The average Bonchev–Trinajstić information content (AvgIpc) is 3.07. The fraction of sp³-hybridized carbons (Fsp3) is 0.0870. The normalized spacial score (nSPS) is 15.5. The Hall–Kier alpha value is -3.16. The van der Waals surface area contributed by atoms with Gasteiger partial charge in [0.15, 0.2) is 5.43 Å². The molecule has 3 heterocycles. The summed E-state index contributed by atoms with van der Waals surface area (Å²) in [4.78, 5) is 33.5. The minimum Gasteiger partial charge on any atom is -0.450 e. The Morgan fingerprint density at radius 3 is 2.55 bits per heavy atom. The van der Waals surface area contributed by atoms with E-state index in [1.807, 2.05) is 30.5 Å². The third-order valence-corrected chi connectivity index (χ3v) is 6.19. The summed E-state index contributed by atoms with van der Waals surface area (Å²) in [5.41, 5.74) is 0.585. The number of rotatable bonds is 3. The molecule has 1 amide bonds. The molecule has 5 rings (SSSR count). The minimum atomic E-state index is -0.768. The van der Waals surface area contributed by atoms with E-state index in [4.69, 9.17) is 16.0 Å². The van der Waals surface area contributed by atoms with Gasteiger partial charge in [-0.2, -0.15) is 0 Å². The maximum absolute atomic E-state index is 13.8. The molecule has 2 aromatic carbocycles. The standard InChI is InChI=1S/C23H14ClFN2O3S/c1-31-15-6-2-12(3-7-15)20-19-21(28)16-10-14(25)5-8-17(16)30-22(19)23(29)27(20)18-9-4-13(24)11-26-18/h2-11,20H,1H3/t20-/m0/s1. The van der Waals surface area contributed by atoms with Crippen LogP contribution < -0.4 is 10.3 Å². The molecule has 8 heteroatoms. The lowest BCUT2D eigenvalue weighted by Gasteiger charge is -2.24. The highest BCUT2D eigenvalue weighted by molar-refractivity contribution is 7.98. The van der Waals surface area contributed by atoms with E-state index in [9.17, 15) is 14.0 Å². The monoisotopic (exact) mass is 452 g/mol. The summed E-state index contributed by atoms with van der Waals surface area (Å²) in [6.07, 6.45) is 3.39. The molecular formula is C23H14ClFN2O3S. The number of fused-ring (bicyclic) bond motifs is 2. The fourth-order valence-electron chi connectivity index (χ4n) is 3.79. The number of pyridine rings is 1. The first-order valence-electron chi connectivity index (χ1n) is 9.33. The summed E-state index contributed by atoms with van der Waals surface area (Å²) in [7, 11) is 0. The summed E-state index contributed by atoms with van der Waals surface area (Å²) in [6, 6.07) is 13.7. The lowest BCUT2D eigenvalue weighted by molar-refractivity contribution is 0.0970. The first-order valence-corrected chi connectivity index (χ1v) is 10.9. The molecule has 0 unspecified atom stereocenters. The van der Waals surface area contributed by atoms with Crippen molar-refractivity contribution in [3.63, 3.8) is 0 Å². The van der Waals surface area contributed by atoms with Crippen LogP contribution in [0.2, 0.25) is 5.02 Å². The molecule has 0 radical (unpaired) electrons. The van der Waals surface area contributed by atoms with Gasteiger partial charge in [0.25, 0.3) is 5.91 Å². The zero-order valence-electron chi connectivity index (χ0n) is 16.1. The Labute approximate surface area is 185 Å². The van der Waals surface area contributed by atoms with Crippen molar-refractivity contribution in [1.29, 1.82) is 0 Å². The molecule has 2 aromatic heterocycles. The molecular weight excluding hydrogens is 439 g/mol. The summed E-state index contributed by atoms with van der Waals surface area (Å²) < 4.78 is 19.7. The van der Waals surface area contributed by atoms with Crippen molar-refractivity contribution in [2.45, 2.75) is 10.9 Å². The summed E-state index contributed by atoms with van der Waals surface area (Å²) in [5.74, 6) is -0.789. The molecule has 0 fully saturated rings. The van der Waals surface area contributed by atoms with Gasteiger partial charge < -0.3 is 4.42 Å². The van der Waals surface area contributed by atoms with Gasteiger partial charge in [0.1, 0.15) is 17.2 Å². The van der Waals surface area contributed by atoms with Gasteiger partial charge in [-0.1, -0.05) is 23.7 Å². The van der Waals surface area contributed by atoms with E-state index in [-0.39, 0.29) is 22.3 Å². The number of thioether (sulfide) groups is 1. The molecule has 0 bridgehead atoms. The number of anilines is 1. The number of hydrogen-bond acceptors (Lipinski definition) is 5. The predicted molar refractivity (Wildman–Crippen MR) is 119 cm³/mol. The fourth-order valence-corrected chi connectivity index (χ4v) is 4.31. The van der Waals surface area contributed by atoms with E-state index in [0.29, 0.717) is 16.4 Å². The number of carbonyl (C=O) groups is 1. The van der Waals surface area contributed by atoms with E-state index < -0.39 is 23.2 Å². The Bertz CT molecular complexity index is 1390. The lowest BCUT2D eigenvalue weighted by Crippen LogP contribution is -2.30. The van der Waals surface area contributed by atoms with Crippen LogP contribution in [0.3, 0.4) is 0 Å². The van der Waals surface area contributed by atoms with Gasteiger partial charge in [-0.3, -0.25) is 14.5 Å². The van der Waals surface area contributed by atoms with Crippen LogP contribution in [0.1, 0.15) is 27.7 Å². The third kappa shape index (κ3) is 3.21. The molecule has 1 aliphatic heterocycles. The van der Waals surface area contributed by atoms with Gasteiger partial charge in [-0.25, -0.2) is 9.37 Å². The molecule has 31 heavy (non-hydrogen) atoms. The van der Waals surface area contributed by atoms with Crippen LogP contribution in [0.5, 0.6) is 0 Å². The first-order chi connectivity index (χ1) is 15.0. The number of benzene rings is 2. The smallest absolute Gasteiger partial charge is 0.296 e. The van der Waals surface area contributed by atoms with Gasteiger partial charge >= 0.3 is 0 Å². The number of amides is 1. The molecule has 0 N–H and O–H groups in total. The van der Waals surface area contributed by atoms with Crippen molar-refractivity contribution < 1.29 is 13.6 Å². The van der Waals surface area contributed by atoms with E-state index in [1.54, 1.807) is 23.9 Å². The van der Waals surface area contributed by atoms with Crippen LogP contribution in [0, 0.1) is 5.82 Å². The van der Waals surface area contributed by atoms with Crippen LogP contribution in [0.15, 0.2) is 74.9 Å². The van der Waals surface area contributed by atoms with Crippen molar-refractivity contribution in [1.82, 2.24) is 4.98 Å². The molecule has 4 aromatic rings. The van der Waals surface area contributed by atoms with Gasteiger partial charge in [0.2, 0.25) is 5.76 Å². The van der Waals surface area contributed by atoms with Gasteiger partial charge in [-0.15, -0.1) is 11.8 Å². The van der Waals surface area contributed by atoms with Gasteiger partial charge in [0.05, 0.1) is 22.0 Å². The number of hydrogen-bond donors (Lipinski definition) is 0. The first kappa shape index (κ1) is 19.8. The number of aromatic nitrogens is 1. The molecule has 0 aliphatic carbocycles. The Kier molecular flexibility index (Phi) is 4.79. The van der Waals surface area contributed by atoms with Gasteiger partial charge in [0, 0.05) is 11.1 Å². The summed E-state index contributed by atoms with van der Waals surface area (Å²) in [5, 5.41) is 0.507. The number of nitrogens with zero attached hydrogens (tertiary/aromatic N) is 2. The van der Waals surface area contributed by atoms with Crippen molar-refractivity contribution in [3.05, 3.63) is 98.7 Å². The topological polar surface area (TPSA) is 63.4 Å². The highest BCUT2D eigenvalue weighted by Gasteiger charge is 2.44. The van der Waals surface area contributed by atoms with Crippen molar-refractivity contribution >= 4 is 46.1 Å². The quantitative estimate of drug-likeness (QED) is 0.387. The van der Waals surface area contributed by atoms with Crippen LogP contribution in [0.4, 0.5) is 10.2 Å². The van der Waals surface area contributed by atoms with Crippen LogP contribution in [0.25, 0.3) is 11.0 Å². The van der Waals surface area contributed by atoms with Crippen LogP contribution >= 0.6 is 23.4 Å². The molecule has 1 atom stereocenters.